The lowest BCUT2D eigenvalue weighted by molar-refractivity contribution is 0.143. The molecule has 5 N–H and O–H groups in total. The molecule has 2 fully saturated rings. The maximum absolute atomic E-state index is 11.9. The number of likely N-dealkylation sites (N-methyl/N-ethyl adjacent to an activating group) is 1. The summed E-state index contributed by atoms with van der Waals surface area (Å²) in [6, 6.07) is 0. The van der Waals surface area contributed by atoms with Crippen molar-refractivity contribution in [3.8, 4) is 5.88 Å². The molecular weight excluding hydrogens is 384 g/mol. The minimum atomic E-state index is -0.485. The molecule has 3 rings (SSSR count). The van der Waals surface area contributed by atoms with Gasteiger partial charge in [0, 0.05) is 7.05 Å². The second-order valence-electron chi connectivity index (χ2n) is 8.22. The van der Waals surface area contributed by atoms with Crippen LogP contribution in [0.3, 0.4) is 0 Å². The maximum atomic E-state index is 11.9. The molecule has 2 aliphatic carbocycles. The fraction of sp³-hybridized carbons (Fsp3) is 0.667. The lowest BCUT2D eigenvalue weighted by Crippen LogP contribution is -2.36. The molecule has 1 amide bonds. The number of hydrogen-bond donors (Lipinski definition) is 3. The van der Waals surface area contributed by atoms with E-state index in [9.17, 15) is 4.79 Å². The topological polar surface area (TPSA) is 129 Å². The van der Waals surface area contributed by atoms with E-state index in [1.165, 1.54) is 37.1 Å². The van der Waals surface area contributed by atoms with Gasteiger partial charge in [-0.1, -0.05) is 19.3 Å². The molecule has 0 saturated heterocycles. The Morgan fingerprint density at radius 3 is 2.63 bits per heavy atom. The Morgan fingerprint density at radius 1 is 1.27 bits per heavy atom. The molecule has 0 radical (unpaired) electrons. The molecule has 1 aromatic heterocycles. The number of aryl methyl sites for hydroxylation is 1. The molecule has 0 atom stereocenters. The Labute approximate surface area is 178 Å². The summed E-state index contributed by atoms with van der Waals surface area (Å²) in [6.07, 6.45) is 10.4. The molecule has 9 heteroatoms. The van der Waals surface area contributed by atoms with Crippen LogP contribution < -0.4 is 21.6 Å². The molecular formula is C21H34N6O3. The van der Waals surface area contributed by atoms with Gasteiger partial charge >= 0.3 is 6.09 Å². The number of hydrazine groups is 1. The third-order valence-electron chi connectivity index (χ3n) is 5.60. The first-order chi connectivity index (χ1) is 14.4. The summed E-state index contributed by atoms with van der Waals surface area (Å²) >= 11 is 0. The number of nitrogens with one attached hydrogen (secondary N) is 1. The summed E-state index contributed by atoms with van der Waals surface area (Å²) in [4.78, 5) is 20.9. The van der Waals surface area contributed by atoms with Crippen LogP contribution in [0.25, 0.3) is 5.70 Å². The predicted molar refractivity (Wildman–Crippen MR) is 114 cm³/mol. The van der Waals surface area contributed by atoms with Crippen LogP contribution in [-0.4, -0.2) is 47.4 Å². The Morgan fingerprint density at radius 2 is 2.00 bits per heavy atom. The molecule has 166 valence electrons. The largest absolute Gasteiger partial charge is 0.473 e. The van der Waals surface area contributed by atoms with Crippen molar-refractivity contribution >= 4 is 11.8 Å². The monoisotopic (exact) mass is 418 g/mol. The first-order valence-corrected chi connectivity index (χ1v) is 10.8. The van der Waals surface area contributed by atoms with Crippen LogP contribution >= 0.6 is 0 Å². The molecule has 0 spiro atoms. The second-order valence-corrected chi connectivity index (χ2v) is 8.22. The van der Waals surface area contributed by atoms with Crippen molar-refractivity contribution in [2.75, 3.05) is 20.2 Å². The van der Waals surface area contributed by atoms with Gasteiger partial charge in [0.05, 0.1) is 30.7 Å². The SMILES string of the molecule is Cc1nc(/C(N)=C(\CNC(=O)OCCC2CC2)N(C)N)cnc1OC1CCCCC1. The van der Waals surface area contributed by atoms with E-state index in [2.05, 4.69) is 15.3 Å². The number of amides is 1. The summed E-state index contributed by atoms with van der Waals surface area (Å²) in [6.45, 7) is 2.40. The average molecular weight is 419 g/mol. The number of carbonyl (C=O) groups excluding carboxylic acids is 1. The standard InChI is InChI=1S/C21H34N6O3/c1-14-20(30-16-6-4-3-5-7-16)24-12-17(26-14)19(22)18(27(2)23)13-25-21(28)29-11-10-15-8-9-15/h12,15-16H,3-11,13,22-23H2,1-2H3,(H,25,28)/b19-18-. The van der Waals surface area contributed by atoms with Gasteiger partial charge in [-0.3, -0.25) is 0 Å². The number of rotatable bonds is 9. The first-order valence-electron chi connectivity index (χ1n) is 10.8. The number of aromatic nitrogens is 2. The summed E-state index contributed by atoms with van der Waals surface area (Å²) < 4.78 is 11.2. The van der Waals surface area contributed by atoms with E-state index in [-0.39, 0.29) is 12.6 Å². The van der Waals surface area contributed by atoms with Crippen molar-refractivity contribution in [3.05, 3.63) is 23.3 Å². The van der Waals surface area contributed by atoms with Crippen LogP contribution in [0.15, 0.2) is 11.9 Å². The zero-order valence-electron chi connectivity index (χ0n) is 18.0. The molecule has 0 aliphatic heterocycles. The van der Waals surface area contributed by atoms with Crippen molar-refractivity contribution in [1.82, 2.24) is 20.3 Å². The third-order valence-corrected chi connectivity index (χ3v) is 5.60. The summed E-state index contributed by atoms with van der Waals surface area (Å²) in [7, 11) is 1.66. The molecule has 9 nitrogen and oxygen atoms in total. The Kier molecular flexibility index (Phi) is 7.73. The van der Waals surface area contributed by atoms with Gasteiger partial charge in [0.15, 0.2) is 0 Å². The highest BCUT2D eigenvalue weighted by atomic mass is 16.5. The fourth-order valence-electron chi connectivity index (χ4n) is 3.55. The van der Waals surface area contributed by atoms with Crippen molar-refractivity contribution in [2.45, 2.75) is 64.4 Å². The van der Waals surface area contributed by atoms with Gasteiger partial charge in [-0.25, -0.2) is 20.6 Å². The van der Waals surface area contributed by atoms with E-state index in [0.29, 0.717) is 41.2 Å². The number of alkyl carbamates (subject to hydrolysis) is 1. The van der Waals surface area contributed by atoms with E-state index in [4.69, 9.17) is 21.1 Å². The number of nitrogens with zero attached hydrogens (tertiary/aromatic N) is 3. The van der Waals surface area contributed by atoms with Gasteiger partial charge in [-0.05, 0) is 44.9 Å². The lowest BCUT2D eigenvalue weighted by atomic mass is 9.98. The molecule has 30 heavy (non-hydrogen) atoms. The summed E-state index contributed by atoms with van der Waals surface area (Å²) in [5.74, 6) is 7.19. The fourth-order valence-corrected chi connectivity index (χ4v) is 3.55. The van der Waals surface area contributed by atoms with Crippen LogP contribution in [0, 0.1) is 12.8 Å². The van der Waals surface area contributed by atoms with Gasteiger partial charge in [-0.15, -0.1) is 0 Å². The van der Waals surface area contributed by atoms with Crippen molar-refractivity contribution in [3.63, 3.8) is 0 Å². The van der Waals surface area contributed by atoms with Crippen LogP contribution in [0.4, 0.5) is 4.79 Å². The van der Waals surface area contributed by atoms with Crippen molar-refractivity contribution < 1.29 is 14.3 Å². The average Bonchev–Trinajstić information content (AvgIpc) is 3.54. The quantitative estimate of drug-likeness (QED) is 0.412. The lowest BCUT2D eigenvalue weighted by Gasteiger charge is -2.23. The highest BCUT2D eigenvalue weighted by molar-refractivity contribution is 5.69. The van der Waals surface area contributed by atoms with Gasteiger partial charge in [-0.2, -0.15) is 0 Å². The van der Waals surface area contributed by atoms with Gasteiger partial charge < -0.3 is 25.5 Å². The minimum Gasteiger partial charge on any atom is -0.473 e. The summed E-state index contributed by atoms with van der Waals surface area (Å²) in [5, 5.41) is 4.06. The smallest absolute Gasteiger partial charge is 0.407 e. The van der Waals surface area contributed by atoms with E-state index in [1.807, 2.05) is 6.92 Å². The Hall–Kier alpha value is -2.55. The normalized spacial score (nSPS) is 17.8. The van der Waals surface area contributed by atoms with Crippen molar-refractivity contribution in [2.24, 2.45) is 17.5 Å². The Bertz CT molecular complexity index is 757. The molecule has 0 unspecified atom stereocenters. The number of nitrogens with two attached hydrogens (primary N) is 2. The van der Waals surface area contributed by atoms with Crippen LogP contribution in [0.2, 0.25) is 0 Å². The first kappa shape index (κ1) is 22.1. The molecule has 0 bridgehead atoms. The van der Waals surface area contributed by atoms with Gasteiger partial charge in [0.1, 0.15) is 17.5 Å². The summed E-state index contributed by atoms with van der Waals surface area (Å²) in [5.41, 5.74) is 8.32. The van der Waals surface area contributed by atoms with E-state index in [0.717, 1.165) is 19.3 Å². The minimum absolute atomic E-state index is 0.127. The molecule has 2 aliphatic rings. The second kappa shape index (κ2) is 10.5. The number of ether oxygens (including phenoxy) is 2. The molecule has 0 aromatic carbocycles. The predicted octanol–water partition coefficient (Wildman–Crippen LogP) is 2.46. The highest BCUT2D eigenvalue weighted by Crippen LogP contribution is 2.32. The molecule has 1 heterocycles. The maximum Gasteiger partial charge on any atom is 0.407 e. The van der Waals surface area contributed by atoms with Crippen LogP contribution in [0.5, 0.6) is 5.88 Å². The van der Waals surface area contributed by atoms with Gasteiger partial charge in [0.25, 0.3) is 0 Å². The van der Waals surface area contributed by atoms with E-state index < -0.39 is 6.09 Å². The van der Waals surface area contributed by atoms with E-state index in [1.54, 1.807) is 13.2 Å². The number of carbonyl (C=O) groups is 1. The van der Waals surface area contributed by atoms with Crippen LogP contribution in [-0.2, 0) is 4.74 Å². The Balaban J connectivity index is 1.61. The van der Waals surface area contributed by atoms with Crippen molar-refractivity contribution in [1.29, 1.82) is 0 Å². The third kappa shape index (κ3) is 6.48. The molecule has 2 saturated carbocycles. The van der Waals surface area contributed by atoms with Crippen LogP contribution in [0.1, 0.15) is 62.8 Å². The zero-order valence-corrected chi connectivity index (χ0v) is 18.0. The van der Waals surface area contributed by atoms with E-state index >= 15 is 0 Å². The number of hydrogen-bond acceptors (Lipinski definition) is 8. The van der Waals surface area contributed by atoms with Gasteiger partial charge in [0.2, 0.25) is 5.88 Å². The zero-order chi connectivity index (χ0) is 21.5. The highest BCUT2D eigenvalue weighted by Gasteiger charge is 2.21. The molecule has 1 aromatic rings.